The molecule has 4 amide bonds. The van der Waals surface area contributed by atoms with Gasteiger partial charge in [0.25, 0.3) is 0 Å². The van der Waals surface area contributed by atoms with Crippen molar-refractivity contribution in [1.29, 1.82) is 0 Å². The van der Waals surface area contributed by atoms with E-state index in [9.17, 15) is 14.4 Å². The summed E-state index contributed by atoms with van der Waals surface area (Å²) in [7, 11) is 0. The molecule has 0 saturated carbocycles. The minimum absolute atomic E-state index is 0.143. The molecular formula is C25H23ClN4O3. The highest BCUT2D eigenvalue weighted by molar-refractivity contribution is 6.30. The van der Waals surface area contributed by atoms with E-state index in [0.717, 1.165) is 11.1 Å². The van der Waals surface area contributed by atoms with Crippen molar-refractivity contribution >= 4 is 40.8 Å². The second-order valence-corrected chi connectivity index (χ2v) is 8.04. The Kier molecular flexibility index (Phi) is 6.90. The first-order valence-corrected chi connectivity index (χ1v) is 10.9. The fourth-order valence-electron chi connectivity index (χ4n) is 3.63. The van der Waals surface area contributed by atoms with Crippen LogP contribution < -0.4 is 20.4 Å². The molecule has 168 valence electrons. The molecule has 8 heteroatoms. The number of nitrogens with zero attached hydrogens (tertiary/aromatic N) is 2. The molecule has 3 aromatic rings. The van der Waals surface area contributed by atoms with Crippen LogP contribution in [-0.4, -0.2) is 30.9 Å². The minimum Gasteiger partial charge on any atom is -0.350 e. The van der Waals surface area contributed by atoms with E-state index >= 15 is 0 Å². The highest BCUT2D eigenvalue weighted by Crippen LogP contribution is 2.33. The maximum atomic E-state index is 12.9. The van der Waals surface area contributed by atoms with Gasteiger partial charge in [-0.2, -0.15) is 0 Å². The zero-order valence-corrected chi connectivity index (χ0v) is 18.6. The van der Waals surface area contributed by atoms with Gasteiger partial charge < -0.3 is 10.6 Å². The summed E-state index contributed by atoms with van der Waals surface area (Å²) in [6, 6.07) is 23.4. The second kappa shape index (κ2) is 10.2. The molecule has 33 heavy (non-hydrogen) atoms. The van der Waals surface area contributed by atoms with Crippen molar-refractivity contribution < 1.29 is 14.4 Å². The van der Waals surface area contributed by atoms with Crippen molar-refractivity contribution in [2.45, 2.75) is 13.1 Å². The van der Waals surface area contributed by atoms with E-state index < -0.39 is 0 Å². The number of benzene rings is 3. The summed E-state index contributed by atoms with van der Waals surface area (Å²) < 4.78 is 0. The molecule has 0 fully saturated rings. The first-order chi connectivity index (χ1) is 16.0. The standard InChI is InChI=1S/C25H23ClN4O3/c26-20-10-6-9-19(13-20)15-27-23(31)16-29-21-11-4-5-12-22(21)30(17-24(29)32)25(33)28-14-18-7-2-1-3-8-18/h1-13H,14-17H2,(H,27,31)(H,28,33). The van der Waals surface area contributed by atoms with Gasteiger partial charge in [0.1, 0.15) is 13.1 Å². The zero-order chi connectivity index (χ0) is 23.2. The molecule has 4 rings (SSSR count). The maximum absolute atomic E-state index is 12.9. The largest absolute Gasteiger partial charge is 0.350 e. The first-order valence-electron chi connectivity index (χ1n) is 10.5. The summed E-state index contributed by atoms with van der Waals surface area (Å²) in [6.45, 7) is 0.355. The van der Waals surface area contributed by atoms with Gasteiger partial charge in [-0.3, -0.25) is 19.4 Å². The van der Waals surface area contributed by atoms with E-state index in [1.165, 1.54) is 9.80 Å². The van der Waals surface area contributed by atoms with Crippen molar-refractivity contribution in [2.24, 2.45) is 0 Å². The average Bonchev–Trinajstić information content (AvgIpc) is 2.83. The van der Waals surface area contributed by atoms with E-state index in [4.69, 9.17) is 11.6 Å². The lowest BCUT2D eigenvalue weighted by Crippen LogP contribution is -2.53. The minimum atomic E-state index is -0.371. The number of hydrogen-bond acceptors (Lipinski definition) is 3. The van der Waals surface area contributed by atoms with Crippen molar-refractivity contribution in [1.82, 2.24) is 10.6 Å². The van der Waals surface area contributed by atoms with Gasteiger partial charge in [0.15, 0.2) is 0 Å². The molecule has 0 spiro atoms. The van der Waals surface area contributed by atoms with Gasteiger partial charge in [-0.05, 0) is 35.4 Å². The molecule has 0 atom stereocenters. The number of carbonyl (C=O) groups excluding carboxylic acids is 3. The smallest absolute Gasteiger partial charge is 0.322 e. The molecule has 0 bridgehead atoms. The Balaban J connectivity index is 1.43. The number of urea groups is 1. The molecule has 1 aliphatic heterocycles. The van der Waals surface area contributed by atoms with Gasteiger partial charge in [0.05, 0.1) is 11.4 Å². The van der Waals surface area contributed by atoms with Crippen LogP contribution in [0.4, 0.5) is 16.2 Å². The predicted octanol–water partition coefficient (Wildman–Crippen LogP) is 3.72. The van der Waals surface area contributed by atoms with Gasteiger partial charge in [-0.15, -0.1) is 0 Å². The highest BCUT2D eigenvalue weighted by Gasteiger charge is 2.33. The maximum Gasteiger partial charge on any atom is 0.322 e. The second-order valence-electron chi connectivity index (χ2n) is 7.61. The molecular weight excluding hydrogens is 440 g/mol. The number of para-hydroxylation sites is 2. The first kappa shape index (κ1) is 22.4. The van der Waals surface area contributed by atoms with Crippen molar-refractivity contribution in [3.05, 3.63) is 95.0 Å². The number of hydrogen-bond donors (Lipinski definition) is 2. The Labute approximate surface area is 197 Å². The lowest BCUT2D eigenvalue weighted by atomic mass is 10.1. The van der Waals surface area contributed by atoms with Gasteiger partial charge in [0.2, 0.25) is 11.8 Å². The van der Waals surface area contributed by atoms with Crippen molar-refractivity contribution in [3.8, 4) is 0 Å². The summed E-state index contributed by atoms with van der Waals surface area (Å²) in [5.41, 5.74) is 2.91. The lowest BCUT2D eigenvalue weighted by Gasteiger charge is -2.35. The molecule has 1 aliphatic rings. The highest BCUT2D eigenvalue weighted by atomic mass is 35.5. The zero-order valence-electron chi connectivity index (χ0n) is 17.8. The third kappa shape index (κ3) is 5.51. The number of amides is 4. The van der Waals surface area contributed by atoms with Crippen LogP contribution in [0.15, 0.2) is 78.9 Å². The van der Waals surface area contributed by atoms with Crippen LogP contribution in [-0.2, 0) is 22.7 Å². The normalized spacial score (nSPS) is 12.8. The summed E-state index contributed by atoms with van der Waals surface area (Å²) in [5, 5.41) is 6.26. The van der Waals surface area contributed by atoms with Gasteiger partial charge >= 0.3 is 6.03 Å². The van der Waals surface area contributed by atoms with Crippen LogP contribution in [0.3, 0.4) is 0 Å². The number of halogens is 1. The number of carbonyl (C=O) groups is 3. The summed E-state index contributed by atoms with van der Waals surface area (Å²) >= 11 is 5.98. The molecule has 2 N–H and O–H groups in total. The molecule has 0 saturated heterocycles. The molecule has 3 aromatic carbocycles. The van der Waals surface area contributed by atoms with Crippen LogP contribution in [0.1, 0.15) is 11.1 Å². The van der Waals surface area contributed by atoms with Crippen molar-refractivity contribution in [3.63, 3.8) is 0 Å². The van der Waals surface area contributed by atoms with Crippen LogP contribution in [0, 0.1) is 0 Å². The molecule has 0 aliphatic carbocycles. The van der Waals surface area contributed by atoms with E-state index in [-0.39, 0.29) is 30.9 Å². The van der Waals surface area contributed by atoms with Gasteiger partial charge in [0, 0.05) is 18.1 Å². The molecule has 0 radical (unpaired) electrons. The Morgan fingerprint density at radius 2 is 1.48 bits per heavy atom. The number of anilines is 2. The summed E-state index contributed by atoms with van der Waals surface area (Å²) in [4.78, 5) is 41.1. The van der Waals surface area contributed by atoms with E-state index in [1.54, 1.807) is 36.4 Å². The van der Waals surface area contributed by atoms with E-state index in [1.807, 2.05) is 42.5 Å². The van der Waals surface area contributed by atoms with Crippen LogP contribution >= 0.6 is 11.6 Å². The SMILES string of the molecule is O=C(CN1C(=O)CN(C(=O)NCc2ccccc2)c2ccccc21)NCc1cccc(Cl)c1. The van der Waals surface area contributed by atoms with Gasteiger partial charge in [-0.1, -0.05) is 66.2 Å². The Morgan fingerprint density at radius 3 is 2.24 bits per heavy atom. The fraction of sp³-hybridized carbons (Fsp3) is 0.160. The number of nitrogens with one attached hydrogen (secondary N) is 2. The molecule has 0 aromatic heterocycles. The molecule has 1 heterocycles. The third-order valence-corrected chi connectivity index (χ3v) is 5.50. The van der Waals surface area contributed by atoms with E-state index in [2.05, 4.69) is 10.6 Å². The number of rotatable bonds is 6. The lowest BCUT2D eigenvalue weighted by molar-refractivity contribution is -0.123. The summed E-state index contributed by atoms with van der Waals surface area (Å²) in [6.07, 6.45) is 0. The van der Waals surface area contributed by atoms with Crippen LogP contribution in [0.5, 0.6) is 0 Å². The predicted molar refractivity (Wildman–Crippen MR) is 128 cm³/mol. The Bertz CT molecular complexity index is 1170. The van der Waals surface area contributed by atoms with Crippen LogP contribution in [0.25, 0.3) is 0 Å². The van der Waals surface area contributed by atoms with Crippen molar-refractivity contribution in [2.75, 3.05) is 22.9 Å². The molecule has 7 nitrogen and oxygen atoms in total. The van der Waals surface area contributed by atoms with Crippen LogP contribution in [0.2, 0.25) is 5.02 Å². The Morgan fingerprint density at radius 1 is 0.818 bits per heavy atom. The average molecular weight is 463 g/mol. The summed E-state index contributed by atoms with van der Waals surface area (Å²) in [5.74, 6) is -0.637. The molecule has 0 unspecified atom stereocenters. The fourth-order valence-corrected chi connectivity index (χ4v) is 3.84. The van der Waals surface area contributed by atoms with E-state index in [0.29, 0.717) is 29.5 Å². The topological polar surface area (TPSA) is 81.8 Å². The Hall–Kier alpha value is -3.84. The monoisotopic (exact) mass is 462 g/mol. The van der Waals surface area contributed by atoms with Gasteiger partial charge in [-0.25, -0.2) is 4.79 Å². The quantitative estimate of drug-likeness (QED) is 0.585. The number of fused-ring (bicyclic) bond motifs is 1. The third-order valence-electron chi connectivity index (χ3n) is 5.27.